The van der Waals surface area contributed by atoms with Crippen molar-refractivity contribution < 1.29 is 0 Å². The standard InChI is InChI=1S/C51H60I6/c1-7-13-19-49(20-14-8-2)34-28-40(55)37(52)25-31(34)43-46(49)44-32-26-38(53)41(56)29-35(32)50(21-15-9-3,22-16-10-4)48(44)45-33-27-39(54)42(57)30-36(33)51(47(43)45,23-17-11-5)24-18-12-6/h25-30H,7-24H2,1-6H3. The maximum Gasteiger partial charge on any atom is 0.0270 e. The highest BCUT2D eigenvalue weighted by Crippen LogP contribution is 2.71. The van der Waals surface area contributed by atoms with E-state index in [1.807, 2.05) is 0 Å². The summed E-state index contributed by atoms with van der Waals surface area (Å²) in [7, 11) is 0. The molecular formula is C51H60I6. The predicted molar refractivity (Wildman–Crippen MR) is 299 cm³/mol. The summed E-state index contributed by atoms with van der Waals surface area (Å²) in [6.07, 6.45) is 22.4. The van der Waals surface area contributed by atoms with E-state index in [0.717, 1.165) is 0 Å². The summed E-state index contributed by atoms with van der Waals surface area (Å²) in [5, 5.41) is 0. The Labute approximate surface area is 427 Å². The van der Waals surface area contributed by atoms with Gasteiger partial charge in [0.25, 0.3) is 0 Å². The molecule has 0 aliphatic heterocycles. The zero-order chi connectivity index (χ0) is 40.9. The van der Waals surface area contributed by atoms with Gasteiger partial charge in [-0.1, -0.05) is 119 Å². The van der Waals surface area contributed by atoms with Crippen LogP contribution in [0.25, 0.3) is 33.4 Å². The van der Waals surface area contributed by atoms with Crippen LogP contribution >= 0.6 is 136 Å². The van der Waals surface area contributed by atoms with E-state index < -0.39 is 0 Å². The van der Waals surface area contributed by atoms with Crippen LogP contribution in [0.5, 0.6) is 0 Å². The average Bonchev–Trinajstić information content (AvgIpc) is 3.72. The molecular weight excluding hydrogens is 1370 g/mol. The molecule has 0 saturated heterocycles. The van der Waals surface area contributed by atoms with E-state index in [-0.39, 0.29) is 16.2 Å². The molecule has 0 unspecified atom stereocenters. The van der Waals surface area contributed by atoms with Gasteiger partial charge in [0.05, 0.1) is 0 Å². The quantitative estimate of drug-likeness (QED) is 0.0871. The Kier molecular flexibility index (Phi) is 15.5. The second kappa shape index (κ2) is 19.2. The Hall–Kier alpha value is 1.26. The third-order valence-electron chi connectivity index (χ3n) is 14.2. The highest BCUT2D eigenvalue weighted by atomic mass is 127. The Balaban J connectivity index is 1.83. The van der Waals surface area contributed by atoms with Crippen LogP contribution in [0.1, 0.15) is 190 Å². The average molecular weight is 1430 g/mol. The lowest BCUT2D eigenvalue weighted by molar-refractivity contribution is 0.401. The molecule has 0 spiro atoms. The van der Waals surface area contributed by atoms with Crippen LogP contribution in [0.15, 0.2) is 36.4 Å². The predicted octanol–water partition coefficient (Wildman–Crippen LogP) is 19.3. The second-order valence-electron chi connectivity index (χ2n) is 17.6. The monoisotopic (exact) mass is 1430 g/mol. The molecule has 7 rings (SSSR count). The summed E-state index contributed by atoms with van der Waals surface area (Å²) >= 11 is 16.0. The molecule has 3 aliphatic rings. The molecule has 0 atom stereocenters. The van der Waals surface area contributed by atoms with Gasteiger partial charge < -0.3 is 0 Å². The van der Waals surface area contributed by atoms with Crippen molar-refractivity contribution in [1.29, 1.82) is 0 Å². The van der Waals surface area contributed by atoms with Gasteiger partial charge in [0.1, 0.15) is 0 Å². The Morgan fingerprint density at radius 3 is 0.702 bits per heavy atom. The van der Waals surface area contributed by atoms with Crippen molar-refractivity contribution in [3.8, 4) is 33.4 Å². The van der Waals surface area contributed by atoms with Crippen LogP contribution < -0.4 is 0 Å². The topological polar surface area (TPSA) is 0 Å². The zero-order valence-corrected chi connectivity index (χ0v) is 47.9. The molecule has 4 aromatic carbocycles. The molecule has 4 aromatic rings. The Morgan fingerprint density at radius 1 is 0.316 bits per heavy atom. The summed E-state index contributed by atoms with van der Waals surface area (Å²) in [6, 6.07) is 16.1. The maximum atomic E-state index is 2.68. The lowest BCUT2D eigenvalue weighted by Gasteiger charge is -2.39. The number of hydrogen-bond donors (Lipinski definition) is 0. The van der Waals surface area contributed by atoms with Gasteiger partial charge >= 0.3 is 0 Å². The highest BCUT2D eigenvalue weighted by Gasteiger charge is 2.57. The molecule has 0 radical (unpaired) electrons. The molecule has 0 heterocycles. The van der Waals surface area contributed by atoms with E-state index in [9.17, 15) is 0 Å². The van der Waals surface area contributed by atoms with Gasteiger partial charge in [0.15, 0.2) is 0 Å². The van der Waals surface area contributed by atoms with Crippen LogP contribution in [-0.4, -0.2) is 0 Å². The highest BCUT2D eigenvalue weighted by molar-refractivity contribution is 14.1. The van der Waals surface area contributed by atoms with Gasteiger partial charge in [-0.25, -0.2) is 0 Å². The molecule has 0 amide bonds. The van der Waals surface area contributed by atoms with Crippen LogP contribution in [0.4, 0.5) is 0 Å². The molecule has 57 heavy (non-hydrogen) atoms. The first-order chi connectivity index (χ1) is 27.5. The summed E-state index contributed by atoms with van der Waals surface area (Å²) in [5.74, 6) is 0. The van der Waals surface area contributed by atoms with E-state index in [4.69, 9.17) is 0 Å². The van der Waals surface area contributed by atoms with Gasteiger partial charge in [0, 0.05) is 37.7 Å². The third kappa shape index (κ3) is 7.64. The van der Waals surface area contributed by atoms with E-state index in [1.54, 1.807) is 66.8 Å². The largest absolute Gasteiger partial charge is 0.0654 e. The van der Waals surface area contributed by atoms with Crippen molar-refractivity contribution in [2.75, 3.05) is 0 Å². The van der Waals surface area contributed by atoms with Crippen molar-refractivity contribution in [2.45, 2.75) is 173 Å². The molecule has 3 aliphatic carbocycles. The molecule has 0 fully saturated rings. The van der Waals surface area contributed by atoms with Crippen molar-refractivity contribution in [2.24, 2.45) is 0 Å². The van der Waals surface area contributed by atoms with Crippen molar-refractivity contribution in [3.63, 3.8) is 0 Å². The van der Waals surface area contributed by atoms with E-state index >= 15 is 0 Å². The van der Waals surface area contributed by atoms with Gasteiger partial charge in [-0.2, -0.15) is 0 Å². The molecule has 306 valence electrons. The number of hydrogen-bond acceptors (Lipinski definition) is 0. The van der Waals surface area contributed by atoms with Gasteiger partial charge in [-0.3, -0.25) is 0 Å². The second-order valence-corrected chi connectivity index (χ2v) is 24.5. The van der Waals surface area contributed by atoms with Gasteiger partial charge in [-0.15, -0.1) is 0 Å². The van der Waals surface area contributed by atoms with Gasteiger partial charge in [-0.05, 0) is 277 Å². The van der Waals surface area contributed by atoms with E-state index in [1.165, 1.54) is 137 Å². The first kappa shape index (κ1) is 46.3. The number of halogens is 6. The molecule has 6 heteroatoms. The van der Waals surface area contributed by atoms with Gasteiger partial charge in [0.2, 0.25) is 0 Å². The molecule has 0 N–H and O–H groups in total. The number of benzene rings is 4. The van der Waals surface area contributed by atoms with Crippen molar-refractivity contribution in [3.05, 3.63) is 91.2 Å². The Bertz CT molecular complexity index is 1870. The van der Waals surface area contributed by atoms with E-state index in [0.29, 0.717) is 0 Å². The zero-order valence-electron chi connectivity index (χ0n) is 35.0. The molecule has 0 saturated carbocycles. The SMILES string of the molecule is CCCCC1(CCCC)c2cc(I)c(I)cc2-c2c1c1c(c3c2C(CCCC)(CCCC)c2cc(I)c(I)cc2-3)C(CCCC)(CCCC)c2cc(I)c(I)cc2-1. The fourth-order valence-corrected chi connectivity index (χ4v) is 14.5. The van der Waals surface area contributed by atoms with Crippen LogP contribution in [-0.2, 0) is 16.2 Å². The number of unbranched alkanes of at least 4 members (excludes halogenated alkanes) is 6. The van der Waals surface area contributed by atoms with Crippen LogP contribution in [0, 0.1) is 21.4 Å². The lowest BCUT2D eigenvalue weighted by atomic mass is 9.63. The van der Waals surface area contributed by atoms with Crippen molar-refractivity contribution in [1.82, 2.24) is 0 Å². The van der Waals surface area contributed by atoms with Crippen LogP contribution in [0.3, 0.4) is 0 Å². The summed E-state index contributed by atoms with van der Waals surface area (Å²) < 4.78 is 8.49. The first-order valence-corrected chi connectivity index (χ1v) is 28.7. The smallest absolute Gasteiger partial charge is 0.0270 e. The first-order valence-electron chi connectivity index (χ1n) is 22.2. The fourth-order valence-electron chi connectivity index (χ4n) is 11.7. The summed E-state index contributed by atoms with van der Waals surface area (Å²) in [6.45, 7) is 14.6. The minimum atomic E-state index is -0.00374. The summed E-state index contributed by atoms with van der Waals surface area (Å²) in [4.78, 5) is 0. The number of fused-ring (bicyclic) bond motifs is 12. The lowest BCUT2D eigenvalue weighted by Crippen LogP contribution is -2.31. The van der Waals surface area contributed by atoms with Crippen LogP contribution in [0.2, 0.25) is 0 Å². The minimum absolute atomic E-state index is 0.00374. The van der Waals surface area contributed by atoms with E-state index in [2.05, 4.69) is 213 Å². The number of rotatable bonds is 18. The maximum absolute atomic E-state index is 2.68. The fraction of sp³-hybridized carbons (Fsp3) is 0.529. The third-order valence-corrected chi connectivity index (χ3v) is 22.7. The Morgan fingerprint density at radius 2 is 0.509 bits per heavy atom. The van der Waals surface area contributed by atoms with Crippen molar-refractivity contribution >= 4 is 136 Å². The molecule has 0 nitrogen and oxygen atoms in total. The minimum Gasteiger partial charge on any atom is -0.0654 e. The normalized spacial score (nSPS) is 16.0. The summed E-state index contributed by atoms with van der Waals surface area (Å²) in [5.41, 5.74) is 20.0. The molecule has 0 aromatic heterocycles. The molecule has 0 bridgehead atoms.